The van der Waals surface area contributed by atoms with Crippen molar-refractivity contribution in [2.45, 2.75) is 13.0 Å². The van der Waals surface area contributed by atoms with Crippen molar-refractivity contribution in [2.24, 2.45) is 0 Å². The highest BCUT2D eigenvalue weighted by molar-refractivity contribution is 6.30. The Hall–Kier alpha value is -2.07. The molecule has 1 atom stereocenters. The highest BCUT2D eigenvalue weighted by atomic mass is 35.5. The van der Waals surface area contributed by atoms with E-state index < -0.39 is 0 Å². The highest BCUT2D eigenvalue weighted by Crippen LogP contribution is 2.21. The minimum atomic E-state index is 0.127. The molecule has 4 nitrogen and oxygen atoms in total. The van der Waals surface area contributed by atoms with Crippen LogP contribution in [0.25, 0.3) is 11.2 Å². The summed E-state index contributed by atoms with van der Waals surface area (Å²) in [6, 6.07) is 11.8. The Morgan fingerprint density at radius 2 is 2.16 bits per heavy atom. The van der Waals surface area contributed by atoms with Crippen molar-refractivity contribution in [2.75, 3.05) is 5.32 Å². The summed E-state index contributed by atoms with van der Waals surface area (Å²) in [4.78, 5) is 11.6. The number of hydrogen-bond donors (Lipinski definition) is 2. The van der Waals surface area contributed by atoms with E-state index in [-0.39, 0.29) is 6.04 Å². The molecule has 19 heavy (non-hydrogen) atoms. The summed E-state index contributed by atoms with van der Waals surface area (Å²) in [6.07, 6.45) is 1.64. The number of benzene rings is 1. The predicted molar refractivity (Wildman–Crippen MR) is 77.4 cm³/mol. The monoisotopic (exact) mass is 272 g/mol. The summed E-state index contributed by atoms with van der Waals surface area (Å²) >= 11 is 6.00. The first kappa shape index (κ1) is 12.0. The van der Waals surface area contributed by atoms with Gasteiger partial charge < -0.3 is 10.3 Å². The highest BCUT2D eigenvalue weighted by Gasteiger charge is 2.07. The van der Waals surface area contributed by atoms with Crippen molar-refractivity contribution >= 4 is 28.6 Å². The Morgan fingerprint density at radius 3 is 3.00 bits per heavy atom. The summed E-state index contributed by atoms with van der Waals surface area (Å²) in [5, 5.41) is 4.08. The van der Waals surface area contributed by atoms with Crippen LogP contribution in [0.1, 0.15) is 18.5 Å². The first-order chi connectivity index (χ1) is 9.22. The Morgan fingerprint density at radius 1 is 1.26 bits per heavy atom. The maximum Gasteiger partial charge on any atom is 0.179 e. The molecule has 0 aliphatic heterocycles. The third kappa shape index (κ3) is 2.53. The van der Waals surface area contributed by atoms with E-state index in [9.17, 15) is 0 Å². The van der Waals surface area contributed by atoms with E-state index in [1.54, 1.807) is 6.33 Å². The molecule has 0 aliphatic carbocycles. The Kier molecular flexibility index (Phi) is 3.09. The molecule has 0 bridgehead atoms. The number of imidazole rings is 1. The second-order valence-corrected chi connectivity index (χ2v) is 4.83. The van der Waals surface area contributed by atoms with Gasteiger partial charge in [-0.2, -0.15) is 0 Å². The third-order valence-electron chi connectivity index (χ3n) is 3.00. The molecule has 0 radical (unpaired) electrons. The van der Waals surface area contributed by atoms with Crippen LogP contribution in [0, 0.1) is 0 Å². The van der Waals surface area contributed by atoms with Crippen LogP contribution in [-0.4, -0.2) is 15.0 Å². The quantitative estimate of drug-likeness (QED) is 0.763. The summed E-state index contributed by atoms with van der Waals surface area (Å²) in [7, 11) is 0. The van der Waals surface area contributed by atoms with Crippen LogP contribution in [0.4, 0.5) is 5.82 Å². The molecule has 1 aromatic carbocycles. The fourth-order valence-corrected chi connectivity index (χ4v) is 2.18. The largest absolute Gasteiger partial charge is 0.363 e. The number of fused-ring (bicyclic) bond motifs is 1. The van der Waals surface area contributed by atoms with E-state index in [1.807, 2.05) is 36.4 Å². The van der Waals surface area contributed by atoms with Gasteiger partial charge in [-0.15, -0.1) is 0 Å². The third-order valence-corrected chi connectivity index (χ3v) is 3.23. The second kappa shape index (κ2) is 4.90. The number of hydrogen-bond acceptors (Lipinski definition) is 3. The Balaban J connectivity index is 1.83. The molecule has 2 aromatic heterocycles. The number of aromatic nitrogens is 3. The Bertz CT molecular complexity index is 707. The standard InChI is InChI=1S/C14H13ClN4/c1-9(10-3-2-4-11(15)7-10)18-13-6-5-12-14(19-13)17-8-16-12/h2-9H,1H3,(H2,16,17,18,19)/t9-/m1/s1. The molecular weight excluding hydrogens is 260 g/mol. The number of aromatic amines is 1. The number of halogens is 1. The van der Waals surface area contributed by atoms with Gasteiger partial charge in [-0.1, -0.05) is 23.7 Å². The van der Waals surface area contributed by atoms with Gasteiger partial charge in [0.2, 0.25) is 0 Å². The van der Waals surface area contributed by atoms with Crippen molar-refractivity contribution in [3.05, 3.63) is 53.3 Å². The predicted octanol–water partition coefficient (Wildman–Crippen LogP) is 3.78. The van der Waals surface area contributed by atoms with E-state index in [4.69, 9.17) is 11.6 Å². The molecule has 0 saturated heterocycles. The first-order valence-corrected chi connectivity index (χ1v) is 6.42. The van der Waals surface area contributed by atoms with Crippen LogP contribution >= 0.6 is 11.6 Å². The number of nitrogens with one attached hydrogen (secondary N) is 2. The lowest BCUT2D eigenvalue weighted by atomic mass is 10.1. The van der Waals surface area contributed by atoms with Crippen LogP contribution in [0.3, 0.4) is 0 Å². The van der Waals surface area contributed by atoms with Crippen molar-refractivity contribution in [1.82, 2.24) is 15.0 Å². The average Bonchev–Trinajstić information content (AvgIpc) is 2.86. The normalized spacial score (nSPS) is 12.5. The fraction of sp³-hybridized carbons (Fsp3) is 0.143. The van der Waals surface area contributed by atoms with E-state index in [1.165, 1.54) is 0 Å². The lowest BCUT2D eigenvalue weighted by molar-refractivity contribution is 0.876. The minimum absolute atomic E-state index is 0.127. The lowest BCUT2D eigenvalue weighted by Crippen LogP contribution is -2.07. The van der Waals surface area contributed by atoms with Gasteiger partial charge in [0.05, 0.1) is 11.8 Å². The topological polar surface area (TPSA) is 53.6 Å². The van der Waals surface area contributed by atoms with Crippen molar-refractivity contribution < 1.29 is 0 Å². The molecule has 0 saturated carbocycles. The van der Waals surface area contributed by atoms with Gasteiger partial charge in [0.15, 0.2) is 5.65 Å². The van der Waals surface area contributed by atoms with Gasteiger partial charge in [-0.05, 0) is 36.8 Å². The van der Waals surface area contributed by atoms with Gasteiger partial charge in [0.1, 0.15) is 5.82 Å². The molecule has 3 rings (SSSR count). The SMILES string of the molecule is C[C@@H](Nc1ccc2[nH]cnc2n1)c1cccc(Cl)c1. The lowest BCUT2D eigenvalue weighted by Gasteiger charge is -2.15. The van der Waals surface area contributed by atoms with Crippen LogP contribution in [0.2, 0.25) is 5.02 Å². The van der Waals surface area contributed by atoms with Gasteiger partial charge >= 0.3 is 0 Å². The van der Waals surface area contributed by atoms with Gasteiger partial charge in [0, 0.05) is 11.1 Å². The van der Waals surface area contributed by atoms with Crippen LogP contribution in [0.5, 0.6) is 0 Å². The molecule has 0 unspecified atom stereocenters. The number of rotatable bonds is 3. The maximum absolute atomic E-state index is 6.00. The molecule has 0 spiro atoms. The van der Waals surface area contributed by atoms with E-state index in [0.29, 0.717) is 5.65 Å². The van der Waals surface area contributed by atoms with Gasteiger partial charge in [0.25, 0.3) is 0 Å². The molecular formula is C14H13ClN4. The minimum Gasteiger partial charge on any atom is -0.363 e. The summed E-state index contributed by atoms with van der Waals surface area (Å²) in [6.45, 7) is 2.07. The van der Waals surface area contributed by atoms with E-state index >= 15 is 0 Å². The molecule has 0 amide bonds. The van der Waals surface area contributed by atoms with Gasteiger partial charge in [-0.25, -0.2) is 9.97 Å². The maximum atomic E-state index is 6.00. The molecule has 5 heteroatoms. The first-order valence-electron chi connectivity index (χ1n) is 6.04. The number of H-pyrrole nitrogens is 1. The van der Waals surface area contributed by atoms with E-state index in [0.717, 1.165) is 21.9 Å². The summed E-state index contributed by atoms with van der Waals surface area (Å²) < 4.78 is 0. The molecule has 2 heterocycles. The number of pyridine rings is 1. The smallest absolute Gasteiger partial charge is 0.179 e. The molecule has 0 fully saturated rings. The zero-order valence-corrected chi connectivity index (χ0v) is 11.1. The molecule has 3 aromatic rings. The summed E-state index contributed by atoms with van der Waals surface area (Å²) in [5.74, 6) is 0.798. The molecule has 96 valence electrons. The molecule has 0 aliphatic rings. The van der Waals surface area contributed by atoms with Crippen LogP contribution in [-0.2, 0) is 0 Å². The van der Waals surface area contributed by atoms with Gasteiger partial charge in [-0.3, -0.25) is 0 Å². The zero-order chi connectivity index (χ0) is 13.2. The number of nitrogens with zero attached hydrogens (tertiary/aromatic N) is 2. The average molecular weight is 273 g/mol. The van der Waals surface area contributed by atoms with E-state index in [2.05, 4.69) is 27.2 Å². The van der Waals surface area contributed by atoms with Crippen molar-refractivity contribution in [3.63, 3.8) is 0 Å². The summed E-state index contributed by atoms with van der Waals surface area (Å²) in [5.41, 5.74) is 2.76. The molecule has 2 N–H and O–H groups in total. The van der Waals surface area contributed by atoms with Crippen molar-refractivity contribution in [3.8, 4) is 0 Å². The fourth-order valence-electron chi connectivity index (χ4n) is 1.98. The van der Waals surface area contributed by atoms with Crippen LogP contribution in [0.15, 0.2) is 42.7 Å². The Labute approximate surface area is 115 Å². The second-order valence-electron chi connectivity index (χ2n) is 4.39. The van der Waals surface area contributed by atoms with Crippen molar-refractivity contribution in [1.29, 1.82) is 0 Å². The number of anilines is 1. The van der Waals surface area contributed by atoms with Crippen LogP contribution < -0.4 is 5.32 Å². The zero-order valence-electron chi connectivity index (χ0n) is 10.4.